The molecule has 0 radical (unpaired) electrons. The van der Waals surface area contributed by atoms with Gasteiger partial charge in [-0.1, -0.05) is 50.4 Å². The molecule has 0 saturated heterocycles. The summed E-state index contributed by atoms with van der Waals surface area (Å²) in [4.78, 5) is 0.480. The predicted octanol–water partition coefficient (Wildman–Crippen LogP) is 4.15. The molecule has 1 aromatic rings. The third kappa shape index (κ3) is 4.20. The Balaban J connectivity index is 2.11. The van der Waals surface area contributed by atoms with Gasteiger partial charge in [-0.05, 0) is 37.5 Å². The van der Waals surface area contributed by atoms with Gasteiger partial charge < -0.3 is 11.1 Å². The molecule has 0 heterocycles. The van der Waals surface area contributed by atoms with Crippen LogP contribution in [0.15, 0.2) is 18.2 Å². The molecule has 0 aromatic heterocycles. The van der Waals surface area contributed by atoms with Gasteiger partial charge in [-0.25, -0.2) is 0 Å². The molecule has 19 heavy (non-hydrogen) atoms. The van der Waals surface area contributed by atoms with Gasteiger partial charge in [0, 0.05) is 17.3 Å². The Bertz CT molecular complexity index is 434. The summed E-state index contributed by atoms with van der Waals surface area (Å²) in [6.45, 7) is 2.10. The second kappa shape index (κ2) is 6.90. The summed E-state index contributed by atoms with van der Waals surface area (Å²) in [5, 5.41) is 3.67. The number of rotatable bonds is 3. The van der Waals surface area contributed by atoms with Crippen molar-refractivity contribution < 1.29 is 0 Å². The van der Waals surface area contributed by atoms with Crippen LogP contribution in [0.3, 0.4) is 0 Å². The fourth-order valence-corrected chi connectivity index (χ4v) is 2.99. The van der Waals surface area contributed by atoms with E-state index in [9.17, 15) is 0 Å². The van der Waals surface area contributed by atoms with E-state index in [1.807, 2.05) is 6.07 Å². The van der Waals surface area contributed by atoms with Crippen LogP contribution in [0.2, 0.25) is 0 Å². The molecule has 1 saturated carbocycles. The number of benzene rings is 1. The van der Waals surface area contributed by atoms with Gasteiger partial charge in [0.1, 0.15) is 4.99 Å². The van der Waals surface area contributed by atoms with Crippen molar-refractivity contribution >= 4 is 22.9 Å². The summed E-state index contributed by atoms with van der Waals surface area (Å²) in [5.74, 6) is 0. The molecule has 2 nitrogen and oxygen atoms in total. The first-order valence-corrected chi connectivity index (χ1v) is 7.74. The van der Waals surface area contributed by atoms with Crippen molar-refractivity contribution in [1.29, 1.82) is 0 Å². The van der Waals surface area contributed by atoms with E-state index in [0.29, 0.717) is 11.0 Å². The van der Waals surface area contributed by atoms with E-state index in [4.69, 9.17) is 18.0 Å². The van der Waals surface area contributed by atoms with Crippen LogP contribution >= 0.6 is 12.2 Å². The van der Waals surface area contributed by atoms with E-state index in [1.165, 1.54) is 50.5 Å². The topological polar surface area (TPSA) is 38.0 Å². The number of hydrogen-bond donors (Lipinski definition) is 2. The molecular weight excluding hydrogens is 252 g/mol. The average Bonchev–Trinajstić information content (AvgIpc) is 2.32. The van der Waals surface area contributed by atoms with Crippen molar-refractivity contribution in [2.45, 2.75) is 57.9 Å². The first-order chi connectivity index (χ1) is 9.16. The molecule has 0 amide bonds. The molecule has 0 spiro atoms. The summed E-state index contributed by atoms with van der Waals surface area (Å²) in [6, 6.07) is 6.82. The second-order valence-corrected chi connectivity index (χ2v) is 6.04. The molecule has 1 aliphatic carbocycles. The number of nitrogens with one attached hydrogen (secondary N) is 1. The molecule has 0 aliphatic heterocycles. The minimum Gasteiger partial charge on any atom is -0.389 e. The van der Waals surface area contributed by atoms with Crippen LogP contribution in [0.25, 0.3) is 0 Å². The summed E-state index contributed by atoms with van der Waals surface area (Å²) in [6.07, 6.45) is 9.30. The largest absolute Gasteiger partial charge is 0.389 e. The molecule has 3 N–H and O–H groups in total. The second-order valence-electron chi connectivity index (χ2n) is 5.60. The molecule has 3 heteroatoms. The standard InChI is InChI=1S/C16H24N2S/c1-12-9-10-14(16(17)19)15(11-12)18-13-7-5-3-2-4-6-8-13/h9-11,13,18H,2-8H2,1H3,(H2,17,19). The highest BCUT2D eigenvalue weighted by atomic mass is 32.1. The zero-order valence-corrected chi connectivity index (χ0v) is 12.6. The lowest BCUT2D eigenvalue weighted by molar-refractivity contribution is 0.471. The van der Waals surface area contributed by atoms with Gasteiger partial charge in [0.15, 0.2) is 0 Å². The normalized spacial score (nSPS) is 17.5. The van der Waals surface area contributed by atoms with Crippen molar-refractivity contribution in [2.24, 2.45) is 5.73 Å². The quantitative estimate of drug-likeness (QED) is 0.814. The molecular formula is C16H24N2S. The summed E-state index contributed by atoms with van der Waals surface area (Å²) in [5.41, 5.74) is 9.14. The molecule has 104 valence electrons. The fraction of sp³-hybridized carbons (Fsp3) is 0.562. The van der Waals surface area contributed by atoms with Crippen LogP contribution in [0.5, 0.6) is 0 Å². The first-order valence-electron chi connectivity index (χ1n) is 7.34. The lowest BCUT2D eigenvalue weighted by Crippen LogP contribution is -2.23. The third-order valence-corrected chi connectivity index (χ3v) is 4.13. The monoisotopic (exact) mass is 276 g/mol. The molecule has 2 rings (SSSR count). The van der Waals surface area contributed by atoms with Gasteiger partial charge >= 0.3 is 0 Å². The van der Waals surface area contributed by atoms with E-state index in [0.717, 1.165) is 11.3 Å². The Morgan fingerprint density at radius 2 is 1.79 bits per heavy atom. The minimum absolute atomic E-state index is 0.480. The van der Waals surface area contributed by atoms with E-state index in [2.05, 4.69) is 24.4 Å². The summed E-state index contributed by atoms with van der Waals surface area (Å²) >= 11 is 5.15. The third-order valence-electron chi connectivity index (χ3n) is 3.91. The number of hydrogen-bond acceptors (Lipinski definition) is 2. The van der Waals surface area contributed by atoms with Crippen molar-refractivity contribution in [3.63, 3.8) is 0 Å². The highest BCUT2D eigenvalue weighted by Crippen LogP contribution is 2.24. The van der Waals surface area contributed by atoms with Crippen molar-refractivity contribution in [1.82, 2.24) is 0 Å². The van der Waals surface area contributed by atoms with Gasteiger partial charge in [0.2, 0.25) is 0 Å². The highest BCUT2D eigenvalue weighted by Gasteiger charge is 2.13. The smallest absolute Gasteiger partial charge is 0.106 e. The van der Waals surface area contributed by atoms with Crippen molar-refractivity contribution in [3.8, 4) is 0 Å². The first kappa shape index (κ1) is 14.3. The maximum Gasteiger partial charge on any atom is 0.106 e. The fourth-order valence-electron chi connectivity index (χ4n) is 2.81. The lowest BCUT2D eigenvalue weighted by atomic mass is 9.96. The Kier molecular flexibility index (Phi) is 5.20. The van der Waals surface area contributed by atoms with Gasteiger partial charge in [0.05, 0.1) is 0 Å². The van der Waals surface area contributed by atoms with Crippen LogP contribution in [0.1, 0.15) is 56.1 Å². The van der Waals surface area contributed by atoms with Crippen LogP contribution in [0.4, 0.5) is 5.69 Å². The van der Waals surface area contributed by atoms with Crippen LogP contribution in [0, 0.1) is 6.92 Å². The molecule has 1 aliphatic rings. The Morgan fingerprint density at radius 1 is 1.16 bits per heavy atom. The maximum absolute atomic E-state index is 5.82. The van der Waals surface area contributed by atoms with E-state index >= 15 is 0 Å². The predicted molar refractivity (Wildman–Crippen MR) is 86.8 cm³/mol. The molecule has 0 bridgehead atoms. The summed E-state index contributed by atoms with van der Waals surface area (Å²) in [7, 11) is 0. The van der Waals surface area contributed by atoms with E-state index < -0.39 is 0 Å². The molecule has 1 aromatic carbocycles. The van der Waals surface area contributed by atoms with Crippen LogP contribution < -0.4 is 11.1 Å². The van der Waals surface area contributed by atoms with Gasteiger partial charge in [-0.15, -0.1) is 0 Å². The number of nitrogens with two attached hydrogens (primary N) is 1. The van der Waals surface area contributed by atoms with E-state index in [-0.39, 0.29) is 0 Å². The zero-order chi connectivity index (χ0) is 13.7. The lowest BCUT2D eigenvalue weighted by Gasteiger charge is -2.23. The van der Waals surface area contributed by atoms with Crippen molar-refractivity contribution in [3.05, 3.63) is 29.3 Å². The average molecular weight is 276 g/mol. The number of aryl methyl sites for hydroxylation is 1. The van der Waals surface area contributed by atoms with Gasteiger partial charge in [-0.2, -0.15) is 0 Å². The molecule has 1 fully saturated rings. The molecule has 0 atom stereocenters. The zero-order valence-electron chi connectivity index (χ0n) is 11.7. The highest BCUT2D eigenvalue weighted by molar-refractivity contribution is 7.80. The van der Waals surface area contributed by atoms with Gasteiger partial charge in [0.25, 0.3) is 0 Å². The Hall–Kier alpha value is -1.09. The summed E-state index contributed by atoms with van der Waals surface area (Å²) < 4.78 is 0. The Morgan fingerprint density at radius 3 is 2.42 bits per heavy atom. The number of thiocarbonyl (C=S) groups is 1. The SMILES string of the molecule is Cc1ccc(C(N)=S)c(NC2CCCCCCC2)c1. The Labute approximate surface area is 121 Å². The van der Waals surface area contributed by atoms with Gasteiger partial charge in [-0.3, -0.25) is 0 Å². The minimum atomic E-state index is 0.480. The van der Waals surface area contributed by atoms with Crippen LogP contribution in [-0.2, 0) is 0 Å². The maximum atomic E-state index is 5.82. The van der Waals surface area contributed by atoms with Crippen LogP contribution in [-0.4, -0.2) is 11.0 Å². The molecule has 0 unspecified atom stereocenters. The van der Waals surface area contributed by atoms with E-state index in [1.54, 1.807) is 0 Å². The van der Waals surface area contributed by atoms with Crippen molar-refractivity contribution in [2.75, 3.05) is 5.32 Å². The number of anilines is 1.